The van der Waals surface area contributed by atoms with Crippen molar-refractivity contribution >= 4 is 16.0 Å². The van der Waals surface area contributed by atoms with Crippen molar-refractivity contribution < 1.29 is 27.8 Å². The minimum atomic E-state index is -3.87. The molecule has 128 valence electrons. The predicted octanol–water partition coefficient (Wildman–Crippen LogP) is 1.48. The Morgan fingerprint density at radius 3 is 2.39 bits per heavy atom. The zero-order valence-electron chi connectivity index (χ0n) is 13.4. The second-order valence-corrected chi connectivity index (χ2v) is 7.41. The molecule has 0 saturated carbocycles. The minimum Gasteiger partial charge on any atom is -0.495 e. The highest BCUT2D eigenvalue weighted by molar-refractivity contribution is 7.89. The molecule has 0 aromatic heterocycles. The van der Waals surface area contributed by atoms with Gasteiger partial charge in [-0.3, -0.25) is 0 Å². The molecule has 0 bridgehead atoms. The fourth-order valence-corrected chi connectivity index (χ4v) is 4.28. The molecule has 0 amide bonds. The van der Waals surface area contributed by atoms with E-state index in [1.54, 1.807) is 0 Å². The number of aromatic carboxylic acids is 1. The summed E-state index contributed by atoms with van der Waals surface area (Å²) < 4.78 is 38.6. The fraction of sp³-hybridized carbons (Fsp3) is 0.533. The molecule has 0 radical (unpaired) electrons. The molecule has 1 fully saturated rings. The second kappa shape index (κ2) is 6.46. The van der Waals surface area contributed by atoms with Gasteiger partial charge in [-0.2, -0.15) is 0 Å². The summed E-state index contributed by atoms with van der Waals surface area (Å²) in [5, 5.41) is 8.99. The van der Waals surface area contributed by atoms with Crippen LogP contribution in [-0.4, -0.2) is 44.9 Å². The van der Waals surface area contributed by atoms with Crippen LogP contribution in [0.5, 0.6) is 5.75 Å². The minimum absolute atomic E-state index is 0.00956. The van der Waals surface area contributed by atoms with E-state index in [1.807, 2.05) is 20.8 Å². The number of sulfonamides is 1. The van der Waals surface area contributed by atoms with Gasteiger partial charge in [-0.1, -0.05) is 6.92 Å². The molecule has 2 rings (SSSR count). The smallest absolute Gasteiger partial charge is 0.335 e. The molecule has 1 heterocycles. The highest BCUT2D eigenvalue weighted by atomic mass is 32.2. The Kier molecular flexibility index (Phi) is 4.98. The maximum absolute atomic E-state index is 12.7. The summed E-state index contributed by atoms with van der Waals surface area (Å²) in [5.41, 5.74) is -0.0413. The van der Waals surface area contributed by atoms with Gasteiger partial charge in [-0.05, 0) is 32.0 Å². The van der Waals surface area contributed by atoms with Crippen molar-refractivity contribution in [1.29, 1.82) is 0 Å². The van der Waals surface area contributed by atoms with Crippen molar-refractivity contribution in [3.63, 3.8) is 0 Å². The molecule has 8 heteroatoms. The van der Waals surface area contributed by atoms with Gasteiger partial charge >= 0.3 is 5.97 Å². The van der Waals surface area contributed by atoms with Gasteiger partial charge in [0.2, 0.25) is 10.0 Å². The number of carboxylic acid groups (broad SMARTS) is 1. The van der Waals surface area contributed by atoms with E-state index in [-0.39, 0.29) is 40.4 Å². The van der Waals surface area contributed by atoms with Gasteiger partial charge in [0.15, 0.2) is 0 Å². The van der Waals surface area contributed by atoms with Crippen LogP contribution in [0, 0.1) is 5.92 Å². The molecule has 1 aliphatic rings. The summed E-state index contributed by atoms with van der Waals surface area (Å²) in [6.45, 7) is 5.64. The second-order valence-electron chi connectivity index (χ2n) is 5.72. The standard InChI is InChI=1S/C15H21NO6S/c1-8-9(2)22-10(3)14(8)16-23(19,20)13-6-5-11(15(17)18)7-12(13)21-4/h5-10,14,16H,1-4H3,(H,17,18). The molecule has 1 aromatic rings. The van der Waals surface area contributed by atoms with Crippen molar-refractivity contribution in [2.75, 3.05) is 7.11 Å². The summed E-state index contributed by atoms with van der Waals surface area (Å²) in [6, 6.07) is 3.30. The highest BCUT2D eigenvalue weighted by Crippen LogP contribution is 2.30. The summed E-state index contributed by atoms with van der Waals surface area (Å²) in [4.78, 5) is 10.9. The van der Waals surface area contributed by atoms with Gasteiger partial charge in [0, 0.05) is 5.92 Å². The predicted molar refractivity (Wildman–Crippen MR) is 83.2 cm³/mol. The topological polar surface area (TPSA) is 102 Å². The fourth-order valence-electron chi connectivity index (χ4n) is 2.74. The highest BCUT2D eigenvalue weighted by Gasteiger charge is 2.40. The van der Waals surface area contributed by atoms with Crippen molar-refractivity contribution in [2.45, 2.75) is 43.9 Å². The Labute approximate surface area is 135 Å². The largest absolute Gasteiger partial charge is 0.495 e. The molecule has 4 unspecified atom stereocenters. The van der Waals surface area contributed by atoms with Gasteiger partial charge in [-0.25, -0.2) is 17.9 Å². The molecule has 23 heavy (non-hydrogen) atoms. The van der Waals surface area contributed by atoms with Crippen LogP contribution in [0.1, 0.15) is 31.1 Å². The number of hydrogen-bond donors (Lipinski definition) is 2. The molecule has 7 nitrogen and oxygen atoms in total. The van der Waals surface area contributed by atoms with Crippen LogP contribution < -0.4 is 9.46 Å². The van der Waals surface area contributed by atoms with Gasteiger partial charge in [-0.15, -0.1) is 0 Å². The Balaban J connectivity index is 2.35. The Morgan fingerprint density at radius 2 is 1.91 bits per heavy atom. The molecule has 1 saturated heterocycles. The first-order valence-corrected chi connectivity index (χ1v) is 8.75. The monoisotopic (exact) mass is 343 g/mol. The third kappa shape index (κ3) is 3.49. The Bertz CT molecular complexity index is 702. The van der Waals surface area contributed by atoms with Crippen LogP contribution in [-0.2, 0) is 14.8 Å². The van der Waals surface area contributed by atoms with E-state index in [0.717, 1.165) is 0 Å². The third-order valence-electron chi connectivity index (χ3n) is 4.23. The van der Waals surface area contributed by atoms with Gasteiger partial charge in [0.05, 0.1) is 30.9 Å². The summed E-state index contributed by atoms with van der Waals surface area (Å²) in [6.07, 6.45) is -0.298. The third-order valence-corrected chi connectivity index (χ3v) is 5.73. The maximum atomic E-state index is 12.7. The van der Waals surface area contributed by atoms with E-state index in [9.17, 15) is 13.2 Å². The summed E-state index contributed by atoms with van der Waals surface area (Å²) >= 11 is 0. The molecule has 1 aromatic carbocycles. The Morgan fingerprint density at radius 1 is 1.26 bits per heavy atom. The van der Waals surface area contributed by atoms with Crippen LogP contribution in [0.4, 0.5) is 0 Å². The van der Waals surface area contributed by atoms with E-state index in [0.29, 0.717) is 0 Å². The van der Waals surface area contributed by atoms with Crippen molar-refractivity contribution in [1.82, 2.24) is 4.72 Å². The SMILES string of the molecule is COc1cc(C(=O)O)ccc1S(=O)(=O)NC1C(C)OC(C)C1C. The average Bonchev–Trinajstić information content (AvgIpc) is 2.72. The number of benzene rings is 1. The number of hydrogen-bond acceptors (Lipinski definition) is 5. The van der Waals surface area contributed by atoms with E-state index in [2.05, 4.69) is 4.72 Å². The van der Waals surface area contributed by atoms with Crippen LogP contribution >= 0.6 is 0 Å². The van der Waals surface area contributed by atoms with E-state index >= 15 is 0 Å². The molecular formula is C15H21NO6S. The van der Waals surface area contributed by atoms with Crippen molar-refractivity contribution in [3.05, 3.63) is 23.8 Å². The van der Waals surface area contributed by atoms with Crippen molar-refractivity contribution in [2.24, 2.45) is 5.92 Å². The number of methoxy groups -OCH3 is 1. The summed E-state index contributed by atoms with van der Waals surface area (Å²) in [5.74, 6) is -1.14. The van der Waals surface area contributed by atoms with Crippen LogP contribution in [0.15, 0.2) is 23.1 Å². The molecular weight excluding hydrogens is 322 g/mol. The van der Waals surface area contributed by atoms with E-state index in [4.69, 9.17) is 14.6 Å². The van der Waals surface area contributed by atoms with Crippen LogP contribution in [0.3, 0.4) is 0 Å². The van der Waals surface area contributed by atoms with Crippen molar-refractivity contribution in [3.8, 4) is 5.75 Å². The first-order chi connectivity index (χ1) is 10.7. The Hall–Kier alpha value is -1.64. The zero-order valence-corrected chi connectivity index (χ0v) is 14.3. The molecule has 0 aliphatic carbocycles. The quantitative estimate of drug-likeness (QED) is 0.840. The molecule has 0 spiro atoms. The first-order valence-electron chi connectivity index (χ1n) is 7.26. The average molecular weight is 343 g/mol. The number of nitrogens with one attached hydrogen (secondary N) is 1. The zero-order chi connectivity index (χ0) is 17.4. The molecule has 1 aliphatic heterocycles. The lowest BCUT2D eigenvalue weighted by Crippen LogP contribution is -2.43. The maximum Gasteiger partial charge on any atom is 0.335 e. The van der Waals surface area contributed by atoms with Crippen LogP contribution in [0.2, 0.25) is 0 Å². The molecule has 4 atom stereocenters. The first kappa shape index (κ1) is 17.7. The number of ether oxygens (including phenoxy) is 2. The van der Waals surface area contributed by atoms with Crippen LogP contribution in [0.25, 0.3) is 0 Å². The van der Waals surface area contributed by atoms with E-state index in [1.165, 1.54) is 25.3 Å². The lowest BCUT2D eigenvalue weighted by Gasteiger charge is -2.21. The number of carbonyl (C=O) groups is 1. The lowest BCUT2D eigenvalue weighted by atomic mass is 9.98. The van der Waals surface area contributed by atoms with Gasteiger partial charge in [0.1, 0.15) is 10.6 Å². The summed E-state index contributed by atoms with van der Waals surface area (Å²) in [7, 11) is -2.57. The normalized spacial score (nSPS) is 27.8. The van der Waals surface area contributed by atoms with E-state index < -0.39 is 16.0 Å². The van der Waals surface area contributed by atoms with Gasteiger partial charge < -0.3 is 14.6 Å². The number of rotatable bonds is 5. The molecule has 2 N–H and O–H groups in total. The van der Waals surface area contributed by atoms with Gasteiger partial charge in [0.25, 0.3) is 0 Å². The number of carboxylic acids is 1. The lowest BCUT2D eigenvalue weighted by molar-refractivity contribution is 0.0552.